The molecule has 0 aliphatic carbocycles. The number of hydrogen-bond acceptors (Lipinski definition) is 5. The molecule has 22 heavy (non-hydrogen) atoms. The van der Waals surface area contributed by atoms with Gasteiger partial charge in [-0.25, -0.2) is 0 Å². The van der Waals surface area contributed by atoms with E-state index in [0.29, 0.717) is 19.7 Å². The third-order valence-corrected chi connectivity index (χ3v) is 3.31. The molecule has 0 saturated carbocycles. The summed E-state index contributed by atoms with van der Waals surface area (Å²) in [4.78, 5) is 12.6. The van der Waals surface area contributed by atoms with Gasteiger partial charge in [-0.1, -0.05) is 12.1 Å². The van der Waals surface area contributed by atoms with Gasteiger partial charge in [-0.15, -0.1) is 0 Å². The molecule has 0 atom stereocenters. The molecule has 0 bridgehead atoms. The average Bonchev–Trinajstić information content (AvgIpc) is 2.50. The molecule has 0 aromatic heterocycles. The molecule has 1 aromatic carbocycles. The largest absolute Gasteiger partial charge is 0.496 e. The number of aliphatic carboxylic acids is 1. The highest BCUT2D eigenvalue weighted by atomic mass is 16.5. The van der Waals surface area contributed by atoms with Gasteiger partial charge in [0.1, 0.15) is 5.75 Å². The van der Waals surface area contributed by atoms with Crippen LogP contribution in [0.15, 0.2) is 18.2 Å². The van der Waals surface area contributed by atoms with Gasteiger partial charge in [0.05, 0.1) is 20.1 Å². The Kier molecular flexibility index (Phi) is 8.50. The number of carbonyl (C=O) groups is 1. The van der Waals surface area contributed by atoms with Gasteiger partial charge in [0.25, 0.3) is 0 Å². The van der Waals surface area contributed by atoms with Gasteiger partial charge in [-0.3, -0.25) is 4.79 Å². The van der Waals surface area contributed by atoms with Crippen molar-refractivity contribution < 1.29 is 19.4 Å². The van der Waals surface area contributed by atoms with Crippen LogP contribution in [-0.4, -0.2) is 56.9 Å². The fraction of sp³-hybridized carbons (Fsp3) is 0.562. The van der Waals surface area contributed by atoms with E-state index in [1.807, 2.05) is 30.1 Å². The first kappa shape index (κ1) is 18.4. The third kappa shape index (κ3) is 6.89. The summed E-state index contributed by atoms with van der Waals surface area (Å²) in [5, 5.41) is 12.0. The Hall–Kier alpha value is -1.63. The minimum absolute atomic E-state index is 0.148. The minimum Gasteiger partial charge on any atom is -0.496 e. The van der Waals surface area contributed by atoms with Crippen LogP contribution >= 0.6 is 0 Å². The quantitative estimate of drug-likeness (QED) is 0.601. The second-order valence-electron chi connectivity index (χ2n) is 5.20. The molecule has 0 aliphatic heterocycles. The lowest BCUT2D eigenvalue weighted by atomic mass is 10.1. The highest BCUT2D eigenvalue weighted by Gasteiger charge is 2.07. The highest BCUT2D eigenvalue weighted by Crippen LogP contribution is 2.21. The van der Waals surface area contributed by atoms with Crippen LogP contribution in [0.3, 0.4) is 0 Å². The van der Waals surface area contributed by atoms with Crippen molar-refractivity contribution in [3.05, 3.63) is 29.3 Å². The molecule has 2 N–H and O–H groups in total. The summed E-state index contributed by atoms with van der Waals surface area (Å²) < 4.78 is 10.4. The van der Waals surface area contributed by atoms with Crippen LogP contribution in [0.4, 0.5) is 0 Å². The number of rotatable bonds is 11. The number of benzene rings is 1. The zero-order chi connectivity index (χ0) is 16.4. The summed E-state index contributed by atoms with van der Waals surface area (Å²) in [6.45, 7) is 3.41. The molecule has 124 valence electrons. The van der Waals surface area contributed by atoms with Gasteiger partial charge in [0.2, 0.25) is 0 Å². The van der Waals surface area contributed by atoms with Crippen molar-refractivity contribution in [1.29, 1.82) is 0 Å². The normalized spacial score (nSPS) is 10.9. The number of nitrogens with zero attached hydrogens (tertiary/aromatic N) is 1. The zero-order valence-corrected chi connectivity index (χ0v) is 13.6. The van der Waals surface area contributed by atoms with Crippen LogP contribution in [0.5, 0.6) is 5.75 Å². The first-order valence-corrected chi connectivity index (χ1v) is 7.32. The molecule has 0 saturated heterocycles. The smallest absolute Gasteiger partial charge is 0.304 e. The number of carboxylic acid groups (broad SMARTS) is 1. The summed E-state index contributed by atoms with van der Waals surface area (Å²) in [5.74, 6) is 0.0657. The summed E-state index contributed by atoms with van der Waals surface area (Å²) >= 11 is 0. The van der Waals surface area contributed by atoms with Crippen molar-refractivity contribution in [2.24, 2.45) is 0 Å². The molecule has 0 aliphatic rings. The summed E-state index contributed by atoms with van der Waals surface area (Å²) in [5.41, 5.74) is 2.20. The fourth-order valence-corrected chi connectivity index (χ4v) is 2.11. The fourth-order valence-electron chi connectivity index (χ4n) is 2.11. The molecule has 1 rings (SSSR count). The molecular formula is C16H26N2O4. The second kappa shape index (κ2) is 10.2. The first-order chi connectivity index (χ1) is 10.6. The molecule has 0 fully saturated rings. The summed E-state index contributed by atoms with van der Waals surface area (Å²) in [7, 11) is 5.25. The lowest BCUT2D eigenvalue weighted by Crippen LogP contribution is -2.21. The highest BCUT2D eigenvalue weighted by molar-refractivity contribution is 5.66. The Bertz CT molecular complexity index is 465. The third-order valence-electron chi connectivity index (χ3n) is 3.31. The predicted molar refractivity (Wildman–Crippen MR) is 85.2 cm³/mol. The van der Waals surface area contributed by atoms with Crippen LogP contribution < -0.4 is 10.1 Å². The lowest BCUT2D eigenvalue weighted by molar-refractivity contribution is -0.137. The number of nitrogens with one attached hydrogen (secondary N) is 1. The van der Waals surface area contributed by atoms with Gasteiger partial charge in [0, 0.05) is 38.9 Å². The maximum atomic E-state index is 10.6. The Labute approximate surface area is 132 Å². The minimum atomic E-state index is -0.776. The second-order valence-corrected chi connectivity index (χ2v) is 5.20. The first-order valence-electron chi connectivity index (χ1n) is 7.32. The van der Waals surface area contributed by atoms with Gasteiger partial charge < -0.3 is 24.8 Å². The SMILES string of the molecule is COCCNCc1ccc(CN(C)CCC(=O)O)cc1OC. The van der Waals surface area contributed by atoms with E-state index in [4.69, 9.17) is 14.6 Å². The summed E-state index contributed by atoms with van der Waals surface area (Å²) in [6.07, 6.45) is 0.148. The van der Waals surface area contributed by atoms with E-state index in [0.717, 1.165) is 30.0 Å². The predicted octanol–water partition coefficient (Wildman–Crippen LogP) is 1.34. The van der Waals surface area contributed by atoms with Crippen molar-refractivity contribution in [3.63, 3.8) is 0 Å². The van der Waals surface area contributed by atoms with Crippen molar-refractivity contribution >= 4 is 5.97 Å². The molecule has 0 heterocycles. The number of hydrogen-bond donors (Lipinski definition) is 2. The van der Waals surface area contributed by atoms with E-state index >= 15 is 0 Å². The van der Waals surface area contributed by atoms with Gasteiger partial charge >= 0.3 is 5.97 Å². The molecule has 6 heteroatoms. The maximum Gasteiger partial charge on any atom is 0.304 e. The Morgan fingerprint density at radius 1 is 1.36 bits per heavy atom. The zero-order valence-electron chi connectivity index (χ0n) is 13.6. The Balaban J connectivity index is 2.57. The summed E-state index contributed by atoms with van der Waals surface area (Å²) in [6, 6.07) is 6.09. The molecule has 1 aromatic rings. The molecule has 0 radical (unpaired) electrons. The Morgan fingerprint density at radius 2 is 2.14 bits per heavy atom. The molecule has 0 spiro atoms. The van der Waals surface area contributed by atoms with E-state index in [1.165, 1.54) is 0 Å². The molecular weight excluding hydrogens is 284 g/mol. The van der Waals surface area contributed by atoms with Crippen LogP contribution in [0.1, 0.15) is 17.5 Å². The van der Waals surface area contributed by atoms with E-state index in [-0.39, 0.29) is 6.42 Å². The lowest BCUT2D eigenvalue weighted by Gasteiger charge is -2.17. The topological polar surface area (TPSA) is 71.0 Å². The number of carboxylic acids is 1. The average molecular weight is 310 g/mol. The van der Waals surface area contributed by atoms with Crippen molar-refractivity contribution in [3.8, 4) is 5.75 Å². The van der Waals surface area contributed by atoms with Crippen molar-refractivity contribution in [2.45, 2.75) is 19.5 Å². The standard InChI is InChI=1S/C16H26N2O4/c1-18(8-6-16(19)20)12-13-4-5-14(15(10-13)22-3)11-17-7-9-21-2/h4-5,10,17H,6-9,11-12H2,1-3H3,(H,19,20). The van der Waals surface area contributed by atoms with E-state index in [9.17, 15) is 4.79 Å². The van der Waals surface area contributed by atoms with Crippen LogP contribution in [-0.2, 0) is 22.6 Å². The van der Waals surface area contributed by atoms with E-state index in [1.54, 1.807) is 14.2 Å². The molecule has 0 unspecified atom stereocenters. The van der Waals surface area contributed by atoms with E-state index < -0.39 is 5.97 Å². The van der Waals surface area contributed by atoms with Gasteiger partial charge in [-0.05, 0) is 18.7 Å². The van der Waals surface area contributed by atoms with Gasteiger partial charge in [-0.2, -0.15) is 0 Å². The number of methoxy groups -OCH3 is 2. The van der Waals surface area contributed by atoms with Crippen molar-refractivity contribution in [2.75, 3.05) is 41.0 Å². The molecule has 0 amide bonds. The van der Waals surface area contributed by atoms with Crippen LogP contribution in [0.2, 0.25) is 0 Å². The number of ether oxygens (including phenoxy) is 2. The Morgan fingerprint density at radius 3 is 2.77 bits per heavy atom. The maximum absolute atomic E-state index is 10.6. The monoisotopic (exact) mass is 310 g/mol. The van der Waals surface area contributed by atoms with Gasteiger partial charge in [0.15, 0.2) is 0 Å². The van der Waals surface area contributed by atoms with Crippen molar-refractivity contribution in [1.82, 2.24) is 10.2 Å². The van der Waals surface area contributed by atoms with Crippen LogP contribution in [0.25, 0.3) is 0 Å². The van der Waals surface area contributed by atoms with Crippen LogP contribution in [0, 0.1) is 0 Å². The molecule has 6 nitrogen and oxygen atoms in total. The van der Waals surface area contributed by atoms with E-state index in [2.05, 4.69) is 5.32 Å².